The first-order valence-corrected chi connectivity index (χ1v) is 5.08. The van der Waals surface area contributed by atoms with Crippen LogP contribution in [0.4, 0.5) is 0 Å². The largest absolute Gasteiger partial charge is 0.333 e. The van der Waals surface area contributed by atoms with Crippen molar-refractivity contribution >= 4 is 5.91 Å². The van der Waals surface area contributed by atoms with Gasteiger partial charge in [-0.25, -0.2) is 0 Å². The molecule has 0 heterocycles. The van der Waals surface area contributed by atoms with E-state index in [9.17, 15) is 4.79 Å². The lowest BCUT2D eigenvalue weighted by molar-refractivity contribution is -0.118. The SMILES string of the molecule is CC(=O)N/C=C(\C=C\C(C)C)C(C)C. The van der Waals surface area contributed by atoms with Gasteiger partial charge in [0.15, 0.2) is 0 Å². The highest BCUT2D eigenvalue weighted by Gasteiger charge is 1.99. The summed E-state index contributed by atoms with van der Waals surface area (Å²) in [6.45, 7) is 10.00. The van der Waals surface area contributed by atoms with E-state index in [1.54, 1.807) is 6.20 Å². The van der Waals surface area contributed by atoms with Gasteiger partial charge in [-0.15, -0.1) is 0 Å². The molecule has 2 heteroatoms. The van der Waals surface area contributed by atoms with Crippen molar-refractivity contribution in [2.45, 2.75) is 34.6 Å². The average Bonchev–Trinajstić information content (AvgIpc) is 2.02. The van der Waals surface area contributed by atoms with Crippen molar-refractivity contribution in [1.29, 1.82) is 0 Å². The van der Waals surface area contributed by atoms with E-state index in [4.69, 9.17) is 0 Å². The molecule has 0 aromatic carbocycles. The van der Waals surface area contributed by atoms with Gasteiger partial charge in [0.1, 0.15) is 0 Å². The van der Waals surface area contributed by atoms with Gasteiger partial charge in [-0.1, -0.05) is 39.8 Å². The van der Waals surface area contributed by atoms with Gasteiger partial charge in [0.2, 0.25) is 5.91 Å². The van der Waals surface area contributed by atoms with Crippen LogP contribution in [0.15, 0.2) is 23.9 Å². The summed E-state index contributed by atoms with van der Waals surface area (Å²) in [5.74, 6) is 0.937. The highest BCUT2D eigenvalue weighted by molar-refractivity contribution is 5.74. The van der Waals surface area contributed by atoms with Crippen molar-refractivity contribution in [3.8, 4) is 0 Å². The Morgan fingerprint density at radius 3 is 2.14 bits per heavy atom. The molecule has 0 bridgehead atoms. The molecular weight excluding hydrogens is 174 g/mol. The van der Waals surface area contributed by atoms with Gasteiger partial charge in [-0.3, -0.25) is 4.79 Å². The van der Waals surface area contributed by atoms with Gasteiger partial charge in [-0.05, 0) is 17.4 Å². The molecule has 14 heavy (non-hydrogen) atoms. The van der Waals surface area contributed by atoms with Gasteiger partial charge in [0.05, 0.1) is 0 Å². The number of carbonyl (C=O) groups excluding carboxylic acids is 1. The summed E-state index contributed by atoms with van der Waals surface area (Å²) in [4.78, 5) is 10.7. The topological polar surface area (TPSA) is 29.1 Å². The highest BCUT2D eigenvalue weighted by Crippen LogP contribution is 2.11. The van der Waals surface area contributed by atoms with E-state index < -0.39 is 0 Å². The molecule has 0 saturated heterocycles. The highest BCUT2D eigenvalue weighted by atomic mass is 16.1. The molecule has 1 N–H and O–H groups in total. The zero-order chi connectivity index (χ0) is 11.1. The molecule has 0 spiro atoms. The quantitative estimate of drug-likeness (QED) is 0.687. The Bertz CT molecular complexity index is 237. The summed E-state index contributed by atoms with van der Waals surface area (Å²) in [6.07, 6.45) is 5.99. The molecule has 0 aliphatic carbocycles. The number of amides is 1. The van der Waals surface area contributed by atoms with Crippen molar-refractivity contribution in [1.82, 2.24) is 5.32 Å². The zero-order valence-electron chi connectivity index (χ0n) is 9.79. The van der Waals surface area contributed by atoms with Crippen LogP contribution in [0.1, 0.15) is 34.6 Å². The lowest BCUT2D eigenvalue weighted by Gasteiger charge is -2.07. The number of rotatable bonds is 4. The third-order valence-electron chi connectivity index (χ3n) is 1.78. The molecule has 0 aliphatic rings. The standard InChI is InChI=1S/C12H21NO/c1-9(2)6-7-12(10(3)4)8-13-11(5)14/h6-10H,1-5H3,(H,13,14)/b7-6+,12-8+. The normalized spacial score (nSPS) is 12.9. The van der Waals surface area contributed by atoms with E-state index in [0.717, 1.165) is 5.57 Å². The maximum Gasteiger partial charge on any atom is 0.220 e. The van der Waals surface area contributed by atoms with Crippen LogP contribution >= 0.6 is 0 Å². The van der Waals surface area contributed by atoms with Crippen molar-refractivity contribution in [3.05, 3.63) is 23.9 Å². The molecule has 2 nitrogen and oxygen atoms in total. The van der Waals surface area contributed by atoms with Crippen molar-refractivity contribution < 1.29 is 4.79 Å². The Kier molecular flexibility index (Phi) is 5.93. The third-order valence-corrected chi connectivity index (χ3v) is 1.78. The van der Waals surface area contributed by atoms with E-state index >= 15 is 0 Å². The number of nitrogens with one attached hydrogen (secondary N) is 1. The predicted octanol–water partition coefficient (Wildman–Crippen LogP) is 2.87. The lowest BCUT2D eigenvalue weighted by atomic mass is 10.0. The lowest BCUT2D eigenvalue weighted by Crippen LogP contribution is -2.13. The predicted molar refractivity (Wildman–Crippen MR) is 60.7 cm³/mol. The smallest absolute Gasteiger partial charge is 0.220 e. The summed E-state index contributed by atoms with van der Waals surface area (Å²) < 4.78 is 0. The van der Waals surface area contributed by atoms with Crippen LogP contribution in [0.25, 0.3) is 0 Å². The molecule has 0 rings (SSSR count). The second-order valence-electron chi connectivity index (χ2n) is 4.10. The van der Waals surface area contributed by atoms with Crippen LogP contribution in [0.2, 0.25) is 0 Å². The first-order valence-electron chi connectivity index (χ1n) is 5.08. The van der Waals surface area contributed by atoms with Crippen molar-refractivity contribution in [2.75, 3.05) is 0 Å². The average molecular weight is 195 g/mol. The Morgan fingerprint density at radius 1 is 1.21 bits per heavy atom. The number of hydrogen-bond acceptors (Lipinski definition) is 1. The van der Waals surface area contributed by atoms with Gasteiger partial charge < -0.3 is 5.32 Å². The summed E-state index contributed by atoms with van der Waals surface area (Å²) in [6, 6.07) is 0. The fraction of sp³-hybridized carbons (Fsp3) is 0.583. The molecule has 0 radical (unpaired) electrons. The number of allylic oxidation sites excluding steroid dienone is 3. The maximum atomic E-state index is 10.7. The van der Waals surface area contributed by atoms with Gasteiger partial charge >= 0.3 is 0 Å². The molecule has 0 atom stereocenters. The molecule has 0 aromatic rings. The van der Waals surface area contributed by atoms with Crippen LogP contribution < -0.4 is 5.32 Å². The summed E-state index contributed by atoms with van der Waals surface area (Å²) in [5.41, 5.74) is 1.15. The molecular formula is C12H21NO. The fourth-order valence-electron chi connectivity index (χ4n) is 0.896. The number of hydrogen-bond donors (Lipinski definition) is 1. The molecule has 0 aromatic heterocycles. The monoisotopic (exact) mass is 195 g/mol. The zero-order valence-corrected chi connectivity index (χ0v) is 9.79. The van der Waals surface area contributed by atoms with E-state index in [1.165, 1.54) is 6.92 Å². The fourth-order valence-corrected chi connectivity index (χ4v) is 0.896. The first-order chi connectivity index (χ1) is 6.43. The van der Waals surface area contributed by atoms with E-state index in [1.807, 2.05) is 0 Å². The van der Waals surface area contributed by atoms with E-state index in [-0.39, 0.29) is 5.91 Å². The van der Waals surface area contributed by atoms with Crippen molar-refractivity contribution in [3.63, 3.8) is 0 Å². The third kappa shape index (κ3) is 6.46. The minimum atomic E-state index is -0.0268. The number of carbonyl (C=O) groups is 1. The van der Waals surface area contributed by atoms with Crippen LogP contribution in [0.3, 0.4) is 0 Å². The van der Waals surface area contributed by atoms with Gasteiger partial charge in [-0.2, -0.15) is 0 Å². The second kappa shape index (κ2) is 6.41. The molecule has 0 saturated carbocycles. The molecule has 0 unspecified atom stereocenters. The Morgan fingerprint density at radius 2 is 1.79 bits per heavy atom. The Balaban J connectivity index is 4.44. The minimum absolute atomic E-state index is 0.0268. The molecule has 80 valence electrons. The first kappa shape index (κ1) is 12.9. The van der Waals surface area contributed by atoms with Crippen LogP contribution in [-0.2, 0) is 4.79 Å². The molecule has 0 aliphatic heterocycles. The summed E-state index contributed by atoms with van der Waals surface area (Å²) in [5, 5.41) is 2.70. The molecule has 1 amide bonds. The Labute approximate surface area is 87.1 Å². The second-order valence-corrected chi connectivity index (χ2v) is 4.10. The maximum absolute atomic E-state index is 10.7. The summed E-state index contributed by atoms with van der Waals surface area (Å²) in [7, 11) is 0. The van der Waals surface area contributed by atoms with Crippen LogP contribution in [-0.4, -0.2) is 5.91 Å². The van der Waals surface area contributed by atoms with Crippen molar-refractivity contribution in [2.24, 2.45) is 11.8 Å². The summed E-state index contributed by atoms with van der Waals surface area (Å²) >= 11 is 0. The van der Waals surface area contributed by atoms with E-state index in [2.05, 4.69) is 45.2 Å². The minimum Gasteiger partial charge on any atom is -0.333 e. The van der Waals surface area contributed by atoms with E-state index in [0.29, 0.717) is 11.8 Å². The molecule has 0 fully saturated rings. The van der Waals surface area contributed by atoms with Crippen LogP contribution in [0.5, 0.6) is 0 Å². The van der Waals surface area contributed by atoms with Crippen LogP contribution in [0, 0.1) is 11.8 Å². The Hall–Kier alpha value is -1.05. The van der Waals surface area contributed by atoms with Gasteiger partial charge in [0.25, 0.3) is 0 Å². The van der Waals surface area contributed by atoms with Gasteiger partial charge in [0, 0.05) is 13.1 Å².